The maximum Gasteiger partial charge on any atom is 0.263 e. The van der Waals surface area contributed by atoms with E-state index in [1.807, 2.05) is 60.0 Å². The highest BCUT2D eigenvalue weighted by Gasteiger charge is 2.23. The Kier molecular flexibility index (Phi) is 5.96. The monoisotopic (exact) mass is 484 g/mol. The second-order valence-corrected chi connectivity index (χ2v) is 9.00. The number of carbonyl (C=O) groups is 1. The molecular weight excluding hydrogens is 460 g/mol. The molecule has 0 saturated heterocycles. The third-order valence-corrected chi connectivity index (χ3v) is 6.66. The lowest BCUT2D eigenvalue weighted by Gasteiger charge is -2.10. The molecule has 0 aliphatic heterocycles. The van der Waals surface area contributed by atoms with Gasteiger partial charge >= 0.3 is 0 Å². The largest absolute Gasteiger partial charge is 0.497 e. The zero-order valence-electron chi connectivity index (χ0n) is 19.8. The van der Waals surface area contributed by atoms with Crippen LogP contribution in [-0.2, 0) is 0 Å². The molecule has 0 atom stereocenters. The van der Waals surface area contributed by atoms with Crippen LogP contribution < -0.4 is 10.1 Å². The van der Waals surface area contributed by atoms with Crippen molar-refractivity contribution in [1.29, 1.82) is 0 Å². The Bertz CT molecular complexity index is 1500. The summed E-state index contributed by atoms with van der Waals surface area (Å²) in [6.45, 7) is 5.86. The fourth-order valence-electron chi connectivity index (χ4n) is 4.20. The van der Waals surface area contributed by atoms with Crippen LogP contribution in [0.25, 0.3) is 28.2 Å². The Morgan fingerprint density at radius 3 is 2.51 bits per heavy atom. The molecule has 0 saturated carbocycles. The van der Waals surface area contributed by atoms with Crippen molar-refractivity contribution in [3.05, 3.63) is 88.8 Å². The third kappa shape index (κ3) is 4.24. The predicted molar refractivity (Wildman–Crippen MR) is 138 cm³/mol. The van der Waals surface area contributed by atoms with Gasteiger partial charge in [-0.3, -0.25) is 10.1 Å². The number of thiazole rings is 1. The van der Waals surface area contributed by atoms with Crippen molar-refractivity contribution in [3.63, 3.8) is 0 Å². The van der Waals surface area contributed by atoms with Gasteiger partial charge in [-0.25, -0.2) is 4.98 Å². The molecule has 1 amide bonds. The number of aryl methyl sites for hydroxylation is 2. The second-order valence-electron chi connectivity index (χ2n) is 8.14. The summed E-state index contributed by atoms with van der Waals surface area (Å²) in [6.07, 6.45) is 0. The highest BCUT2D eigenvalue weighted by atomic mass is 32.1. The van der Waals surface area contributed by atoms with E-state index >= 15 is 0 Å². The fraction of sp³-hybridized carbons (Fsp3) is 0.148. The van der Waals surface area contributed by atoms with E-state index < -0.39 is 0 Å². The highest BCUT2D eigenvalue weighted by molar-refractivity contribution is 7.14. The molecule has 0 fully saturated rings. The molecule has 0 aliphatic carbocycles. The van der Waals surface area contributed by atoms with Crippen molar-refractivity contribution in [2.75, 3.05) is 12.4 Å². The summed E-state index contributed by atoms with van der Waals surface area (Å²) in [7, 11) is 1.66. The maximum absolute atomic E-state index is 13.1. The summed E-state index contributed by atoms with van der Waals surface area (Å²) in [5.74, 6) is 0.975. The Labute approximate surface area is 207 Å². The fourth-order valence-corrected chi connectivity index (χ4v) is 4.90. The zero-order chi connectivity index (χ0) is 24.5. The first-order valence-electron chi connectivity index (χ1n) is 11.1. The van der Waals surface area contributed by atoms with Crippen LogP contribution in [0.3, 0.4) is 0 Å². The average Bonchev–Trinajstić information content (AvgIpc) is 3.57. The van der Waals surface area contributed by atoms with E-state index in [0.717, 1.165) is 39.6 Å². The van der Waals surface area contributed by atoms with Crippen molar-refractivity contribution < 1.29 is 14.1 Å². The number of nitrogens with one attached hydrogen (secondary N) is 1. The molecule has 8 heteroatoms. The molecule has 5 aromatic rings. The van der Waals surface area contributed by atoms with E-state index in [1.54, 1.807) is 14.0 Å². The molecule has 0 unspecified atom stereocenters. The van der Waals surface area contributed by atoms with Crippen LogP contribution in [0.5, 0.6) is 5.75 Å². The number of ether oxygens (including phenoxy) is 1. The van der Waals surface area contributed by atoms with E-state index in [1.165, 1.54) is 11.3 Å². The van der Waals surface area contributed by atoms with Crippen LogP contribution in [-0.4, -0.2) is 27.7 Å². The van der Waals surface area contributed by atoms with Crippen molar-refractivity contribution in [1.82, 2.24) is 14.7 Å². The Morgan fingerprint density at radius 2 is 1.80 bits per heavy atom. The number of aromatic nitrogens is 3. The molecule has 1 N–H and O–H groups in total. The van der Waals surface area contributed by atoms with Crippen molar-refractivity contribution >= 4 is 22.4 Å². The lowest BCUT2D eigenvalue weighted by Crippen LogP contribution is -2.13. The molecule has 5 rings (SSSR count). The van der Waals surface area contributed by atoms with Crippen LogP contribution >= 0.6 is 11.3 Å². The number of anilines is 1. The summed E-state index contributed by atoms with van der Waals surface area (Å²) < 4.78 is 12.8. The molecule has 2 aromatic carbocycles. The van der Waals surface area contributed by atoms with Gasteiger partial charge in [-0.2, -0.15) is 0 Å². The van der Waals surface area contributed by atoms with E-state index in [9.17, 15) is 4.79 Å². The van der Waals surface area contributed by atoms with Crippen molar-refractivity contribution in [3.8, 4) is 34.0 Å². The Hall–Kier alpha value is -4.17. The first-order chi connectivity index (χ1) is 17.0. The van der Waals surface area contributed by atoms with Crippen LogP contribution in [0.2, 0.25) is 0 Å². The van der Waals surface area contributed by atoms with Gasteiger partial charge in [-0.1, -0.05) is 35.5 Å². The van der Waals surface area contributed by atoms with E-state index in [-0.39, 0.29) is 5.91 Å². The van der Waals surface area contributed by atoms with Crippen LogP contribution in [0.4, 0.5) is 5.13 Å². The van der Waals surface area contributed by atoms with Gasteiger partial charge in [0.1, 0.15) is 22.8 Å². The first-order valence-corrected chi connectivity index (χ1v) is 12.0. The molecule has 176 valence electrons. The SMILES string of the molecule is COc1ccc(-n2c(C)cc(-c3csc(NC(=O)c4c(-c5ccccc5)noc4C)n3)c2C)cc1. The van der Waals surface area contributed by atoms with Gasteiger partial charge in [-0.05, 0) is 51.1 Å². The summed E-state index contributed by atoms with van der Waals surface area (Å²) >= 11 is 1.38. The van der Waals surface area contributed by atoms with Gasteiger partial charge in [0.05, 0.1) is 12.8 Å². The number of carbonyl (C=O) groups excluding carboxylic acids is 1. The lowest BCUT2D eigenvalue weighted by atomic mass is 10.1. The highest BCUT2D eigenvalue weighted by Crippen LogP contribution is 2.33. The lowest BCUT2D eigenvalue weighted by molar-refractivity contribution is 0.102. The number of nitrogens with zero attached hydrogens (tertiary/aromatic N) is 3. The third-order valence-electron chi connectivity index (χ3n) is 5.90. The van der Waals surface area contributed by atoms with Gasteiger partial charge in [0.2, 0.25) is 0 Å². The quantitative estimate of drug-likeness (QED) is 0.300. The standard InChI is InChI=1S/C27H24N4O3S/c1-16-14-22(17(2)31(16)20-10-12-21(33-4)13-11-20)23-15-35-27(28-23)29-26(32)24-18(3)34-30-25(24)19-8-6-5-7-9-19/h5-15H,1-4H3,(H,28,29,32). The predicted octanol–water partition coefficient (Wildman–Crippen LogP) is 6.44. The van der Waals surface area contributed by atoms with Gasteiger partial charge < -0.3 is 13.8 Å². The number of rotatable bonds is 6. The summed E-state index contributed by atoms with van der Waals surface area (Å²) in [6, 6.07) is 19.6. The molecule has 0 aliphatic rings. The van der Waals surface area contributed by atoms with Gasteiger partial charge in [0.15, 0.2) is 5.13 Å². The topological polar surface area (TPSA) is 82.2 Å². The van der Waals surface area contributed by atoms with Crippen molar-refractivity contribution in [2.24, 2.45) is 0 Å². The molecule has 35 heavy (non-hydrogen) atoms. The van der Waals surface area contributed by atoms with Gasteiger partial charge in [0.25, 0.3) is 5.91 Å². The Morgan fingerprint density at radius 1 is 1.06 bits per heavy atom. The zero-order valence-corrected chi connectivity index (χ0v) is 20.6. The smallest absolute Gasteiger partial charge is 0.263 e. The molecule has 0 spiro atoms. The van der Waals surface area contributed by atoms with E-state index in [4.69, 9.17) is 14.2 Å². The molecule has 7 nitrogen and oxygen atoms in total. The molecule has 0 bridgehead atoms. The summed E-state index contributed by atoms with van der Waals surface area (Å²) in [4.78, 5) is 17.8. The van der Waals surface area contributed by atoms with Crippen LogP contribution in [0.15, 0.2) is 70.6 Å². The molecule has 3 heterocycles. The van der Waals surface area contributed by atoms with Crippen LogP contribution in [0, 0.1) is 20.8 Å². The van der Waals surface area contributed by atoms with Crippen molar-refractivity contribution in [2.45, 2.75) is 20.8 Å². The number of hydrogen-bond acceptors (Lipinski definition) is 6. The number of amides is 1. The molecular formula is C27H24N4O3S. The maximum atomic E-state index is 13.1. The normalized spacial score (nSPS) is 11.0. The van der Waals surface area contributed by atoms with Gasteiger partial charge in [0, 0.05) is 33.6 Å². The number of benzene rings is 2. The Balaban J connectivity index is 1.41. The minimum Gasteiger partial charge on any atom is -0.497 e. The van der Waals surface area contributed by atoms with E-state index in [2.05, 4.69) is 35.0 Å². The van der Waals surface area contributed by atoms with E-state index in [0.29, 0.717) is 22.1 Å². The van der Waals surface area contributed by atoms with Crippen LogP contribution in [0.1, 0.15) is 27.5 Å². The first kappa shape index (κ1) is 22.6. The van der Waals surface area contributed by atoms with Gasteiger partial charge in [-0.15, -0.1) is 11.3 Å². The average molecular weight is 485 g/mol. The second kappa shape index (κ2) is 9.23. The minimum absolute atomic E-state index is 0.299. The summed E-state index contributed by atoms with van der Waals surface area (Å²) in [5, 5.41) is 9.49. The number of hydrogen-bond donors (Lipinski definition) is 1. The number of methoxy groups -OCH3 is 1. The molecule has 3 aromatic heterocycles. The minimum atomic E-state index is -0.299. The molecule has 0 radical (unpaired) electrons. The summed E-state index contributed by atoms with van der Waals surface area (Å²) in [5.41, 5.74) is 6.77.